The molecule has 5 heteroatoms. The van der Waals surface area contributed by atoms with Gasteiger partial charge in [-0.2, -0.15) is 0 Å². The molecule has 5 nitrogen and oxygen atoms in total. The van der Waals surface area contributed by atoms with Gasteiger partial charge < -0.3 is 5.11 Å². The fourth-order valence-corrected chi connectivity index (χ4v) is 1.99. The van der Waals surface area contributed by atoms with Gasteiger partial charge in [0.2, 0.25) is 0 Å². The van der Waals surface area contributed by atoms with Crippen LogP contribution in [0.1, 0.15) is 25.5 Å². The van der Waals surface area contributed by atoms with Gasteiger partial charge in [-0.1, -0.05) is 12.1 Å². The number of aromatic nitrogens is 2. The van der Waals surface area contributed by atoms with Crippen LogP contribution in [0.15, 0.2) is 23.0 Å². The first-order valence-electron chi connectivity index (χ1n) is 5.44. The molecule has 0 saturated heterocycles. The summed E-state index contributed by atoms with van der Waals surface area (Å²) in [6.45, 7) is 3.92. The predicted molar refractivity (Wildman–Crippen MR) is 64.3 cm³/mol. The van der Waals surface area contributed by atoms with E-state index in [9.17, 15) is 9.59 Å². The standard InChI is InChI=1S/C12H14N2O3/c1-7(2)14-9-5-3-4-8(6-10(15)16)11(9)12(17)13-14/h3-5,7H,6H2,1-2H3,(H,13,17)(H,15,16). The quantitative estimate of drug-likeness (QED) is 0.845. The van der Waals surface area contributed by atoms with Crippen LogP contribution in [-0.4, -0.2) is 20.9 Å². The molecule has 2 aromatic rings. The average molecular weight is 234 g/mol. The van der Waals surface area contributed by atoms with Crippen molar-refractivity contribution in [1.29, 1.82) is 0 Å². The number of aromatic amines is 1. The maximum atomic E-state index is 11.8. The zero-order valence-electron chi connectivity index (χ0n) is 9.73. The van der Waals surface area contributed by atoms with Crippen LogP contribution in [0.25, 0.3) is 10.9 Å². The molecule has 0 saturated carbocycles. The fraction of sp³-hybridized carbons (Fsp3) is 0.333. The number of H-pyrrole nitrogens is 1. The van der Waals surface area contributed by atoms with E-state index in [-0.39, 0.29) is 18.0 Å². The summed E-state index contributed by atoms with van der Waals surface area (Å²) in [5.41, 5.74) is 1.07. The minimum Gasteiger partial charge on any atom is -0.481 e. The van der Waals surface area contributed by atoms with E-state index in [1.807, 2.05) is 19.9 Å². The third-order valence-corrected chi connectivity index (χ3v) is 2.70. The van der Waals surface area contributed by atoms with Crippen LogP contribution in [0.3, 0.4) is 0 Å². The number of aliphatic carboxylic acids is 1. The van der Waals surface area contributed by atoms with Crippen molar-refractivity contribution in [2.45, 2.75) is 26.3 Å². The lowest BCUT2D eigenvalue weighted by Crippen LogP contribution is -2.08. The van der Waals surface area contributed by atoms with Gasteiger partial charge in [-0.05, 0) is 25.5 Å². The minimum absolute atomic E-state index is 0.125. The first-order valence-corrected chi connectivity index (χ1v) is 5.44. The van der Waals surface area contributed by atoms with E-state index in [1.54, 1.807) is 16.8 Å². The Morgan fingerprint density at radius 3 is 2.76 bits per heavy atom. The number of benzene rings is 1. The van der Waals surface area contributed by atoms with Crippen molar-refractivity contribution < 1.29 is 9.90 Å². The van der Waals surface area contributed by atoms with Crippen LogP contribution in [0, 0.1) is 0 Å². The molecule has 0 aliphatic carbocycles. The van der Waals surface area contributed by atoms with Crippen molar-refractivity contribution in [3.05, 3.63) is 34.1 Å². The molecule has 1 aromatic heterocycles. The number of carboxylic acids is 1. The second-order valence-corrected chi connectivity index (χ2v) is 4.29. The number of rotatable bonds is 3. The molecule has 0 spiro atoms. The molecule has 1 aromatic carbocycles. The van der Waals surface area contributed by atoms with Crippen molar-refractivity contribution in [3.8, 4) is 0 Å². The molecule has 2 N–H and O–H groups in total. The SMILES string of the molecule is CC(C)n1[nH]c(=O)c2c(CC(=O)O)cccc21. The molecular formula is C12H14N2O3. The summed E-state index contributed by atoms with van der Waals surface area (Å²) >= 11 is 0. The normalized spacial score (nSPS) is 11.2. The Bertz CT molecular complexity index is 622. The lowest BCUT2D eigenvalue weighted by atomic mass is 10.1. The highest BCUT2D eigenvalue weighted by Gasteiger charge is 2.13. The Morgan fingerprint density at radius 1 is 1.47 bits per heavy atom. The van der Waals surface area contributed by atoms with Crippen LogP contribution >= 0.6 is 0 Å². The molecule has 2 rings (SSSR count). The molecule has 0 atom stereocenters. The van der Waals surface area contributed by atoms with Crippen LogP contribution < -0.4 is 5.56 Å². The monoisotopic (exact) mass is 234 g/mol. The molecular weight excluding hydrogens is 220 g/mol. The van der Waals surface area contributed by atoms with E-state index in [2.05, 4.69) is 5.10 Å². The Morgan fingerprint density at radius 2 is 2.18 bits per heavy atom. The van der Waals surface area contributed by atoms with E-state index in [0.717, 1.165) is 5.52 Å². The van der Waals surface area contributed by atoms with Crippen molar-refractivity contribution >= 4 is 16.9 Å². The largest absolute Gasteiger partial charge is 0.481 e. The summed E-state index contributed by atoms with van der Waals surface area (Å²) < 4.78 is 1.75. The smallest absolute Gasteiger partial charge is 0.307 e. The number of fused-ring (bicyclic) bond motifs is 1. The molecule has 0 amide bonds. The van der Waals surface area contributed by atoms with Gasteiger partial charge in [0.25, 0.3) is 5.56 Å². The van der Waals surface area contributed by atoms with Gasteiger partial charge in [0, 0.05) is 6.04 Å². The Hall–Kier alpha value is -2.04. The molecule has 0 radical (unpaired) electrons. The highest BCUT2D eigenvalue weighted by Crippen LogP contribution is 2.18. The van der Waals surface area contributed by atoms with Crippen LogP contribution in [0.2, 0.25) is 0 Å². The van der Waals surface area contributed by atoms with Gasteiger partial charge in [0.1, 0.15) is 0 Å². The zero-order chi connectivity index (χ0) is 12.6. The summed E-state index contributed by atoms with van der Waals surface area (Å²) in [4.78, 5) is 22.6. The number of nitrogens with one attached hydrogen (secondary N) is 1. The molecule has 0 aliphatic heterocycles. The first-order chi connectivity index (χ1) is 8.00. The summed E-state index contributed by atoms with van der Waals surface area (Å²) in [5.74, 6) is -0.936. The van der Waals surface area contributed by atoms with Gasteiger partial charge in [-0.3, -0.25) is 19.4 Å². The van der Waals surface area contributed by atoms with Crippen LogP contribution in [0.4, 0.5) is 0 Å². The molecule has 1 heterocycles. The highest BCUT2D eigenvalue weighted by atomic mass is 16.4. The van der Waals surface area contributed by atoms with E-state index in [4.69, 9.17) is 5.11 Å². The van der Waals surface area contributed by atoms with E-state index >= 15 is 0 Å². The number of nitrogens with zero attached hydrogens (tertiary/aromatic N) is 1. The molecule has 0 unspecified atom stereocenters. The van der Waals surface area contributed by atoms with E-state index in [1.165, 1.54) is 0 Å². The third kappa shape index (κ3) is 1.95. The van der Waals surface area contributed by atoms with E-state index in [0.29, 0.717) is 10.9 Å². The van der Waals surface area contributed by atoms with Gasteiger partial charge in [-0.15, -0.1) is 0 Å². The van der Waals surface area contributed by atoms with Gasteiger partial charge >= 0.3 is 5.97 Å². The first kappa shape index (κ1) is 11.4. The minimum atomic E-state index is -0.936. The second kappa shape index (κ2) is 4.08. The summed E-state index contributed by atoms with van der Waals surface area (Å²) in [6.07, 6.45) is -0.136. The van der Waals surface area contributed by atoms with E-state index < -0.39 is 5.97 Å². The number of hydrogen-bond acceptors (Lipinski definition) is 2. The van der Waals surface area contributed by atoms with Crippen LogP contribution in [-0.2, 0) is 11.2 Å². The second-order valence-electron chi connectivity index (χ2n) is 4.29. The molecule has 0 bridgehead atoms. The highest BCUT2D eigenvalue weighted by molar-refractivity contribution is 5.86. The maximum absolute atomic E-state index is 11.8. The topological polar surface area (TPSA) is 75.1 Å². The molecule has 0 aliphatic rings. The summed E-state index contributed by atoms with van der Waals surface area (Å²) in [5, 5.41) is 12.0. The lowest BCUT2D eigenvalue weighted by Gasteiger charge is -2.08. The fourth-order valence-electron chi connectivity index (χ4n) is 1.99. The number of carboxylic acid groups (broad SMARTS) is 1. The number of hydrogen-bond donors (Lipinski definition) is 2. The van der Waals surface area contributed by atoms with Crippen LogP contribution in [0.5, 0.6) is 0 Å². The predicted octanol–water partition coefficient (Wildman–Crippen LogP) is 1.54. The molecule has 17 heavy (non-hydrogen) atoms. The summed E-state index contributed by atoms with van der Waals surface area (Å²) in [7, 11) is 0. The van der Waals surface area contributed by atoms with Gasteiger partial charge in [0.05, 0.1) is 17.3 Å². The Balaban J connectivity index is 2.73. The maximum Gasteiger partial charge on any atom is 0.307 e. The lowest BCUT2D eigenvalue weighted by molar-refractivity contribution is -0.136. The summed E-state index contributed by atoms with van der Waals surface area (Å²) in [6, 6.07) is 5.39. The Kier molecular flexibility index (Phi) is 2.75. The zero-order valence-corrected chi connectivity index (χ0v) is 9.73. The van der Waals surface area contributed by atoms with Crippen molar-refractivity contribution in [2.75, 3.05) is 0 Å². The van der Waals surface area contributed by atoms with Crippen molar-refractivity contribution in [2.24, 2.45) is 0 Å². The van der Waals surface area contributed by atoms with Gasteiger partial charge in [-0.25, -0.2) is 0 Å². The number of carbonyl (C=O) groups is 1. The molecule has 0 fully saturated rings. The van der Waals surface area contributed by atoms with Crippen molar-refractivity contribution in [1.82, 2.24) is 9.78 Å². The van der Waals surface area contributed by atoms with Gasteiger partial charge in [0.15, 0.2) is 0 Å². The molecule has 90 valence electrons. The van der Waals surface area contributed by atoms with Crippen molar-refractivity contribution in [3.63, 3.8) is 0 Å². The average Bonchev–Trinajstić information content (AvgIpc) is 2.56. The third-order valence-electron chi connectivity index (χ3n) is 2.70. The Labute approximate surface area is 97.7 Å².